The van der Waals surface area contributed by atoms with Crippen molar-refractivity contribution in [1.29, 1.82) is 0 Å². The van der Waals surface area contributed by atoms with Gasteiger partial charge in [0.2, 0.25) is 0 Å². The fourth-order valence-electron chi connectivity index (χ4n) is 3.08. The molecule has 3 heterocycles. The number of amides is 1. The number of benzene rings is 2. The van der Waals surface area contributed by atoms with Crippen molar-refractivity contribution in [3.05, 3.63) is 71.4 Å². The Morgan fingerprint density at radius 2 is 2.03 bits per heavy atom. The van der Waals surface area contributed by atoms with E-state index in [1.807, 2.05) is 66.2 Å². The van der Waals surface area contributed by atoms with E-state index in [-0.39, 0.29) is 5.91 Å². The maximum Gasteiger partial charge on any atom is 0.265 e. The summed E-state index contributed by atoms with van der Waals surface area (Å²) in [7, 11) is 1.90. The van der Waals surface area contributed by atoms with Crippen LogP contribution in [-0.4, -0.2) is 20.7 Å². The minimum atomic E-state index is -0.115. The molecule has 2 aromatic carbocycles. The van der Waals surface area contributed by atoms with E-state index >= 15 is 0 Å². The molecule has 0 saturated carbocycles. The van der Waals surface area contributed by atoms with Gasteiger partial charge in [-0.25, -0.2) is 0 Å². The number of nitrogens with one attached hydrogen (secondary N) is 1. The summed E-state index contributed by atoms with van der Waals surface area (Å²) in [5.41, 5.74) is 2.84. The Kier molecular flexibility index (Phi) is 4.57. The van der Waals surface area contributed by atoms with Gasteiger partial charge in [0, 0.05) is 33.6 Å². The second-order valence-corrected chi connectivity index (χ2v) is 8.65. The highest BCUT2D eigenvalue weighted by molar-refractivity contribution is 7.99. The van der Waals surface area contributed by atoms with Gasteiger partial charge < -0.3 is 14.6 Å². The molecule has 1 aliphatic rings. The van der Waals surface area contributed by atoms with Gasteiger partial charge in [0.1, 0.15) is 18.7 Å². The highest BCUT2D eigenvalue weighted by atomic mass is 32.2. The predicted octanol–water partition coefficient (Wildman–Crippen LogP) is 4.84. The number of carbonyl (C=O) groups is 1. The Labute approximate surface area is 175 Å². The number of thiophene rings is 1. The topological polar surface area (TPSA) is 69.0 Å². The Balaban J connectivity index is 1.31. The van der Waals surface area contributed by atoms with Crippen LogP contribution in [0.15, 0.2) is 71.0 Å². The van der Waals surface area contributed by atoms with Gasteiger partial charge in [-0.2, -0.15) is 0 Å². The third-order valence-corrected chi connectivity index (χ3v) is 6.81. The Hall–Kier alpha value is -3.10. The normalized spacial score (nSPS) is 12.0. The number of ether oxygens (including phenoxy) is 1. The first-order valence-electron chi connectivity index (χ1n) is 8.95. The van der Waals surface area contributed by atoms with Crippen molar-refractivity contribution < 1.29 is 9.53 Å². The second-order valence-electron chi connectivity index (χ2n) is 6.55. The summed E-state index contributed by atoms with van der Waals surface area (Å²) in [5, 5.41) is 11.7. The van der Waals surface area contributed by atoms with Gasteiger partial charge in [-0.1, -0.05) is 12.1 Å². The van der Waals surface area contributed by atoms with Crippen molar-refractivity contribution in [1.82, 2.24) is 14.8 Å². The predicted molar refractivity (Wildman–Crippen MR) is 114 cm³/mol. The molecule has 144 valence electrons. The molecule has 0 atom stereocenters. The van der Waals surface area contributed by atoms with E-state index < -0.39 is 0 Å². The molecule has 6 nitrogen and oxygen atoms in total. The SMILES string of the molecule is Cn1cnnc1Sc1ccc(NC(=O)c2cc3c(s2)-c2ccccc2OC3)cc1. The third kappa shape index (κ3) is 3.52. The van der Waals surface area contributed by atoms with E-state index in [1.54, 1.807) is 6.33 Å². The maximum absolute atomic E-state index is 12.8. The zero-order chi connectivity index (χ0) is 19.8. The number of anilines is 1. The summed E-state index contributed by atoms with van der Waals surface area (Å²) in [6.45, 7) is 0.490. The van der Waals surface area contributed by atoms with E-state index in [0.29, 0.717) is 11.5 Å². The molecule has 0 spiro atoms. The molecule has 0 radical (unpaired) electrons. The van der Waals surface area contributed by atoms with Crippen LogP contribution in [0.3, 0.4) is 0 Å². The van der Waals surface area contributed by atoms with Crippen molar-refractivity contribution in [2.45, 2.75) is 16.7 Å². The summed E-state index contributed by atoms with van der Waals surface area (Å²) >= 11 is 3.02. The molecule has 5 rings (SSSR count). The smallest absolute Gasteiger partial charge is 0.265 e. The Morgan fingerprint density at radius 1 is 1.21 bits per heavy atom. The zero-order valence-corrected chi connectivity index (χ0v) is 17.1. The quantitative estimate of drug-likeness (QED) is 0.512. The van der Waals surface area contributed by atoms with Crippen LogP contribution in [0, 0.1) is 0 Å². The Bertz CT molecular complexity index is 1200. The van der Waals surface area contributed by atoms with Crippen LogP contribution in [0.25, 0.3) is 10.4 Å². The second kappa shape index (κ2) is 7.38. The standard InChI is InChI=1S/C21H16N4O2S2/c1-25-12-22-24-21(25)28-15-8-6-14(7-9-15)23-20(26)18-10-13-11-27-17-5-3-2-4-16(17)19(13)29-18/h2-10,12H,11H2,1H3,(H,23,26). The number of rotatable bonds is 4. The molecule has 4 aromatic rings. The largest absolute Gasteiger partial charge is 0.488 e. The average molecular weight is 421 g/mol. The van der Waals surface area contributed by atoms with Gasteiger partial charge >= 0.3 is 0 Å². The lowest BCUT2D eigenvalue weighted by molar-refractivity contribution is 0.103. The van der Waals surface area contributed by atoms with Crippen LogP contribution in [-0.2, 0) is 13.7 Å². The van der Waals surface area contributed by atoms with Crippen LogP contribution in [0.1, 0.15) is 15.2 Å². The van der Waals surface area contributed by atoms with Crippen molar-refractivity contribution in [3.8, 4) is 16.2 Å². The summed E-state index contributed by atoms with van der Waals surface area (Å²) in [6, 6.07) is 17.5. The van der Waals surface area contributed by atoms with Gasteiger partial charge in [0.25, 0.3) is 5.91 Å². The number of hydrogen-bond acceptors (Lipinski definition) is 6. The summed E-state index contributed by atoms with van der Waals surface area (Å²) in [6.07, 6.45) is 1.67. The van der Waals surface area contributed by atoms with Crippen molar-refractivity contribution >= 4 is 34.7 Å². The molecule has 8 heteroatoms. The van der Waals surface area contributed by atoms with Crippen molar-refractivity contribution in [2.24, 2.45) is 7.05 Å². The molecule has 0 aliphatic carbocycles. The number of fused-ring (bicyclic) bond motifs is 3. The van der Waals surface area contributed by atoms with Crippen LogP contribution in [0.4, 0.5) is 5.69 Å². The molecule has 1 N–H and O–H groups in total. The van der Waals surface area contributed by atoms with Gasteiger partial charge in [0.05, 0.1) is 4.88 Å². The lowest BCUT2D eigenvalue weighted by Gasteiger charge is -2.16. The summed E-state index contributed by atoms with van der Waals surface area (Å²) in [4.78, 5) is 15.6. The zero-order valence-electron chi connectivity index (χ0n) is 15.5. The highest BCUT2D eigenvalue weighted by Crippen LogP contribution is 2.42. The molecule has 1 amide bonds. The van der Waals surface area contributed by atoms with E-state index in [2.05, 4.69) is 15.5 Å². The average Bonchev–Trinajstić information content (AvgIpc) is 3.36. The summed E-state index contributed by atoms with van der Waals surface area (Å²) < 4.78 is 7.65. The van der Waals surface area contributed by atoms with E-state index in [0.717, 1.165) is 37.5 Å². The highest BCUT2D eigenvalue weighted by Gasteiger charge is 2.22. The Morgan fingerprint density at radius 3 is 2.83 bits per heavy atom. The molecule has 0 unspecified atom stereocenters. The fraction of sp³-hybridized carbons (Fsp3) is 0.0952. The molecule has 0 saturated heterocycles. The van der Waals surface area contributed by atoms with Crippen LogP contribution in [0.2, 0.25) is 0 Å². The molecular weight excluding hydrogens is 404 g/mol. The third-order valence-electron chi connectivity index (χ3n) is 4.54. The number of para-hydroxylation sites is 1. The first-order valence-corrected chi connectivity index (χ1v) is 10.6. The lowest BCUT2D eigenvalue weighted by atomic mass is 10.1. The molecule has 0 bridgehead atoms. The monoisotopic (exact) mass is 420 g/mol. The van der Waals surface area contributed by atoms with E-state index in [4.69, 9.17) is 4.74 Å². The van der Waals surface area contributed by atoms with Gasteiger partial charge in [0.15, 0.2) is 5.16 Å². The maximum atomic E-state index is 12.8. The van der Waals surface area contributed by atoms with Gasteiger partial charge in [-0.05, 0) is 54.2 Å². The fourth-order valence-corrected chi connectivity index (χ4v) is 4.94. The number of hydrogen-bond donors (Lipinski definition) is 1. The number of nitrogens with zero attached hydrogens (tertiary/aromatic N) is 3. The molecule has 2 aromatic heterocycles. The van der Waals surface area contributed by atoms with E-state index in [9.17, 15) is 4.79 Å². The number of carbonyl (C=O) groups excluding carboxylic acids is 1. The van der Waals surface area contributed by atoms with Crippen molar-refractivity contribution in [2.75, 3.05) is 5.32 Å². The van der Waals surface area contributed by atoms with E-state index in [1.165, 1.54) is 23.1 Å². The minimum absolute atomic E-state index is 0.115. The summed E-state index contributed by atoms with van der Waals surface area (Å²) in [5.74, 6) is 0.750. The molecule has 1 aliphatic heterocycles. The van der Waals surface area contributed by atoms with Crippen molar-refractivity contribution in [3.63, 3.8) is 0 Å². The molecular formula is C21H16N4O2S2. The van der Waals surface area contributed by atoms with Crippen LogP contribution in [0.5, 0.6) is 5.75 Å². The first kappa shape index (κ1) is 18.0. The van der Waals surface area contributed by atoms with Crippen LogP contribution < -0.4 is 10.1 Å². The first-order chi connectivity index (χ1) is 14.2. The lowest BCUT2D eigenvalue weighted by Crippen LogP contribution is -2.10. The van der Waals surface area contributed by atoms with Gasteiger partial charge in [-0.3, -0.25) is 4.79 Å². The minimum Gasteiger partial charge on any atom is -0.488 e. The van der Waals surface area contributed by atoms with Gasteiger partial charge in [-0.15, -0.1) is 21.5 Å². The molecule has 29 heavy (non-hydrogen) atoms. The number of aromatic nitrogens is 3. The molecule has 0 fully saturated rings. The number of aryl methyl sites for hydroxylation is 1. The van der Waals surface area contributed by atoms with Crippen LogP contribution >= 0.6 is 23.1 Å².